The van der Waals surface area contributed by atoms with Gasteiger partial charge in [-0.15, -0.1) is 0 Å². The van der Waals surface area contributed by atoms with E-state index in [0.717, 1.165) is 31.0 Å². The molecule has 0 bridgehead atoms. The number of benzene rings is 1. The molecule has 3 unspecified atom stereocenters. The third kappa shape index (κ3) is 2.45. The first-order chi connectivity index (χ1) is 8.88. The van der Waals surface area contributed by atoms with E-state index in [9.17, 15) is 14.5 Å². The average molecular weight is 332 g/mol. The highest BCUT2D eigenvalue weighted by Gasteiger charge is 2.51. The number of alkyl halides is 1. The Bertz CT molecular complexity index is 511. The zero-order valence-corrected chi connectivity index (χ0v) is 12.3. The molecular weight excluding hydrogens is 317 g/mol. The van der Waals surface area contributed by atoms with E-state index in [1.807, 2.05) is 6.92 Å². The molecular formula is C13H15BrFNO3. The van der Waals surface area contributed by atoms with Gasteiger partial charge in [0.05, 0.1) is 4.92 Å². The highest BCUT2D eigenvalue weighted by molar-refractivity contribution is 9.09. The van der Waals surface area contributed by atoms with Gasteiger partial charge in [0.25, 0.3) is 0 Å². The van der Waals surface area contributed by atoms with Crippen LogP contribution in [-0.2, 0) is 0 Å². The van der Waals surface area contributed by atoms with Gasteiger partial charge in [-0.25, -0.2) is 4.39 Å². The molecule has 1 saturated carbocycles. The fraction of sp³-hybridized carbons (Fsp3) is 0.538. The molecule has 1 fully saturated rings. The van der Waals surface area contributed by atoms with E-state index in [0.29, 0.717) is 4.83 Å². The SMILES string of the molecule is CCC1(C)C(Br)CC1Oc1cc(F)ccc1[N+](=O)[O-]. The van der Waals surface area contributed by atoms with E-state index in [1.54, 1.807) is 0 Å². The molecule has 0 heterocycles. The maximum Gasteiger partial charge on any atom is 0.311 e. The van der Waals surface area contributed by atoms with Crippen LogP contribution in [0.15, 0.2) is 18.2 Å². The van der Waals surface area contributed by atoms with Gasteiger partial charge < -0.3 is 4.74 Å². The Labute approximate surface area is 119 Å². The van der Waals surface area contributed by atoms with Crippen LogP contribution in [0.4, 0.5) is 10.1 Å². The Morgan fingerprint density at radius 3 is 2.84 bits per heavy atom. The number of hydrogen-bond donors (Lipinski definition) is 0. The molecule has 0 aromatic heterocycles. The van der Waals surface area contributed by atoms with Crippen LogP contribution in [0.3, 0.4) is 0 Å². The highest BCUT2D eigenvalue weighted by atomic mass is 79.9. The van der Waals surface area contributed by atoms with Gasteiger partial charge in [-0.2, -0.15) is 0 Å². The molecule has 0 saturated heterocycles. The third-order valence-corrected chi connectivity index (χ3v) is 5.44. The smallest absolute Gasteiger partial charge is 0.311 e. The van der Waals surface area contributed by atoms with E-state index in [2.05, 4.69) is 22.9 Å². The summed E-state index contributed by atoms with van der Waals surface area (Å²) in [6, 6.07) is 3.28. The fourth-order valence-corrected chi connectivity index (χ4v) is 3.24. The van der Waals surface area contributed by atoms with Crippen molar-refractivity contribution in [3.05, 3.63) is 34.1 Å². The number of ether oxygens (including phenoxy) is 1. The Morgan fingerprint density at radius 2 is 2.32 bits per heavy atom. The summed E-state index contributed by atoms with van der Waals surface area (Å²) in [7, 11) is 0. The summed E-state index contributed by atoms with van der Waals surface area (Å²) in [5, 5.41) is 10.9. The molecule has 19 heavy (non-hydrogen) atoms. The summed E-state index contributed by atoms with van der Waals surface area (Å²) in [6.45, 7) is 4.11. The van der Waals surface area contributed by atoms with Crippen LogP contribution >= 0.6 is 15.9 Å². The van der Waals surface area contributed by atoms with Crippen LogP contribution in [0, 0.1) is 21.3 Å². The van der Waals surface area contributed by atoms with Crippen LogP contribution < -0.4 is 4.74 Å². The monoisotopic (exact) mass is 331 g/mol. The minimum atomic E-state index is -0.553. The summed E-state index contributed by atoms with van der Waals surface area (Å²) in [5.74, 6) is -0.525. The van der Waals surface area contributed by atoms with Gasteiger partial charge in [-0.3, -0.25) is 10.1 Å². The number of nitro groups is 1. The van der Waals surface area contributed by atoms with Crippen LogP contribution in [-0.4, -0.2) is 15.9 Å². The molecule has 0 radical (unpaired) electrons. The maximum absolute atomic E-state index is 13.2. The first-order valence-corrected chi connectivity index (χ1v) is 7.04. The van der Waals surface area contributed by atoms with Crippen molar-refractivity contribution in [1.82, 2.24) is 0 Å². The molecule has 6 heteroatoms. The molecule has 1 aliphatic carbocycles. The Balaban J connectivity index is 2.25. The second kappa shape index (κ2) is 5.07. The number of nitro benzene ring substituents is 1. The molecule has 1 aliphatic rings. The second-order valence-electron chi connectivity index (χ2n) is 5.04. The van der Waals surface area contributed by atoms with E-state index >= 15 is 0 Å². The first-order valence-electron chi connectivity index (χ1n) is 6.13. The molecule has 2 rings (SSSR count). The van der Waals surface area contributed by atoms with Gasteiger partial charge in [0.15, 0.2) is 5.75 Å². The largest absolute Gasteiger partial charge is 0.483 e. The number of nitrogens with zero attached hydrogens (tertiary/aromatic N) is 1. The van der Waals surface area contributed by atoms with Crippen molar-refractivity contribution < 1.29 is 14.1 Å². The molecule has 0 aliphatic heterocycles. The summed E-state index contributed by atoms with van der Waals surface area (Å²) in [6.07, 6.45) is 1.51. The molecule has 1 aromatic rings. The lowest BCUT2D eigenvalue weighted by Crippen LogP contribution is -2.54. The summed E-state index contributed by atoms with van der Waals surface area (Å²) in [5.41, 5.74) is -0.280. The second-order valence-corrected chi connectivity index (χ2v) is 6.14. The van der Waals surface area contributed by atoms with Crippen LogP contribution in [0.5, 0.6) is 5.75 Å². The van der Waals surface area contributed by atoms with Crippen molar-refractivity contribution in [2.75, 3.05) is 0 Å². The van der Waals surface area contributed by atoms with Gasteiger partial charge >= 0.3 is 5.69 Å². The molecule has 0 N–H and O–H groups in total. The Kier molecular flexibility index (Phi) is 3.80. The summed E-state index contributed by atoms with van der Waals surface area (Å²) < 4.78 is 18.9. The van der Waals surface area contributed by atoms with Crippen molar-refractivity contribution in [3.63, 3.8) is 0 Å². The Hall–Kier alpha value is -1.17. The van der Waals surface area contributed by atoms with Crippen molar-refractivity contribution in [2.45, 2.75) is 37.6 Å². The van der Waals surface area contributed by atoms with Crippen LogP contribution in [0.25, 0.3) is 0 Å². The first kappa shape index (κ1) is 14.2. The lowest BCUT2D eigenvalue weighted by atomic mass is 9.65. The fourth-order valence-electron chi connectivity index (χ4n) is 2.29. The topological polar surface area (TPSA) is 52.4 Å². The molecule has 0 amide bonds. The normalized spacial score (nSPS) is 29.7. The van der Waals surface area contributed by atoms with Crippen LogP contribution in [0.2, 0.25) is 0 Å². The summed E-state index contributed by atoms with van der Waals surface area (Å²) in [4.78, 5) is 10.7. The zero-order valence-electron chi connectivity index (χ0n) is 10.7. The molecule has 104 valence electrons. The molecule has 3 atom stereocenters. The van der Waals surface area contributed by atoms with Gasteiger partial charge in [0, 0.05) is 22.4 Å². The van der Waals surface area contributed by atoms with Crippen LogP contribution in [0.1, 0.15) is 26.7 Å². The van der Waals surface area contributed by atoms with E-state index in [-0.39, 0.29) is 23.0 Å². The molecule has 4 nitrogen and oxygen atoms in total. The quantitative estimate of drug-likeness (QED) is 0.474. The molecule has 0 spiro atoms. The third-order valence-electron chi connectivity index (χ3n) is 4.02. The van der Waals surface area contributed by atoms with Crippen molar-refractivity contribution in [2.24, 2.45) is 5.41 Å². The lowest BCUT2D eigenvalue weighted by molar-refractivity contribution is -0.386. The number of rotatable bonds is 4. The predicted molar refractivity (Wildman–Crippen MR) is 73.2 cm³/mol. The maximum atomic E-state index is 13.2. The minimum absolute atomic E-state index is 0.00840. The van der Waals surface area contributed by atoms with Crippen molar-refractivity contribution >= 4 is 21.6 Å². The van der Waals surface area contributed by atoms with Gasteiger partial charge in [0.2, 0.25) is 0 Å². The standard InChI is InChI=1S/C13H15BrFNO3/c1-3-13(2)11(14)7-12(13)19-10-6-8(15)4-5-9(10)16(17)18/h4-6,11-12H,3,7H2,1-2H3. The van der Waals surface area contributed by atoms with E-state index in [1.165, 1.54) is 0 Å². The zero-order chi connectivity index (χ0) is 14.2. The van der Waals surface area contributed by atoms with Crippen molar-refractivity contribution in [1.29, 1.82) is 0 Å². The number of halogens is 2. The van der Waals surface area contributed by atoms with Gasteiger partial charge in [-0.05, 0) is 18.9 Å². The Morgan fingerprint density at radius 1 is 1.63 bits per heavy atom. The predicted octanol–water partition coefficient (Wildman–Crippen LogP) is 4.06. The number of hydrogen-bond acceptors (Lipinski definition) is 3. The van der Waals surface area contributed by atoms with Crippen molar-refractivity contribution in [3.8, 4) is 5.75 Å². The summed E-state index contributed by atoms with van der Waals surface area (Å²) >= 11 is 3.57. The highest BCUT2D eigenvalue weighted by Crippen LogP contribution is 2.50. The lowest BCUT2D eigenvalue weighted by Gasteiger charge is -2.50. The van der Waals surface area contributed by atoms with Gasteiger partial charge in [0.1, 0.15) is 11.9 Å². The van der Waals surface area contributed by atoms with Gasteiger partial charge in [-0.1, -0.05) is 29.8 Å². The average Bonchev–Trinajstić information content (AvgIpc) is 2.37. The molecule has 1 aromatic carbocycles. The minimum Gasteiger partial charge on any atom is -0.483 e. The van der Waals surface area contributed by atoms with E-state index < -0.39 is 10.7 Å². The van der Waals surface area contributed by atoms with E-state index in [4.69, 9.17) is 4.74 Å².